The summed E-state index contributed by atoms with van der Waals surface area (Å²) in [5.41, 5.74) is 7.82. The molecule has 2 aromatic heterocycles. The molecular weight excluding hydrogens is 710 g/mol. The Balaban J connectivity index is 0.00000312. The molecule has 7 aromatic rings. The van der Waals surface area contributed by atoms with Gasteiger partial charge in [0.25, 0.3) is 0 Å². The average molecular weight is 735 g/mol. The molecule has 0 aliphatic heterocycles. The van der Waals surface area contributed by atoms with E-state index in [1.54, 1.807) is 18.2 Å². The zero-order valence-electron chi connectivity index (χ0n) is 23.8. The van der Waals surface area contributed by atoms with Crippen LogP contribution in [0, 0.1) is 6.07 Å². The van der Waals surface area contributed by atoms with Gasteiger partial charge in [0.2, 0.25) is 0 Å². The van der Waals surface area contributed by atoms with Gasteiger partial charge in [0.15, 0.2) is 0 Å². The number of hydrogen-bond acceptors (Lipinski definition) is 4. The first-order valence-electron chi connectivity index (χ1n) is 14.3. The summed E-state index contributed by atoms with van der Waals surface area (Å²) in [4.78, 5) is 14.7. The van der Waals surface area contributed by atoms with Crippen molar-refractivity contribution in [2.24, 2.45) is 0 Å². The van der Waals surface area contributed by atoms with Gasteiger partial charge in [0.05, 0.1) is 28.1 Å². The number of fused-ring (bicyclic) bond motifs is 4. The molecule has 0 fully saturated rings. The van der Waals surface area contributed by atoms with Gasteiger partial charge in [-0.1, -0.05) is 84.9 Å². The quantitative estimate of drug-likeness (QED) is 0.185. The van der Waals surface area contributed by atoms with Crippen molar-refractivity contribution in [2.75, 3.05) is 0 Å². The molecule has 0 radical (unpaired) electrons. The SMILES string of the molecule is [2H]c1cc(-c2ncc3ccccc3n2)[c-]c(C2(c3cccc(-c4ccccc4O)n3)c3ccccc3-c3ccccc32)c1.[Pt]. The van der Waals surface area contributed by atoms with E-state index in [2.05, 4.69) is 47.4 Å². The number of phenols is 1. The Morgan fingerprint density at radius 3 is 2.09 bits per heavy atom. The Labute approximate surface area is 265 Å². The number of hydrogen-bond donors (Lipinski definition) is 1. The van der Waals surface area contributed by atoms with E-state index in [0.29, 0.717) is 28.7 Å². The monoisotopic (exact) mass is 734 g/mol. The largest absolute Gasteiger partial charge is 0.507 e. The third-order valence-electron chi connectivity index (χ3n) is 8.12. The van der Waals surface area contributed by atoms with E-state index in [0.717, 1.165) is 44.4 Å². The summed E-state index contributed by atoms with van der Waals surface area (Å²) < 4.78 is 8.95. The van der Waals surface area contributed by atoms with Crippen molar-refractivity contribution in [2.45, 2.75) is 5.41 Å². The summed E-state index contributed by atoms with van der Waals surface area (Å²) in [7, 11) is 0. The first-order valence-corrected chi connectivity index (χ1v) is 13.8. The maximum absolute atomic E-state index is 10.7. The molecule has 0 unspecified atom stereocenters. The number of benzene rings is 5. The van der Waals surface area contributed by atoms with Gasteiger partial charge in [0, 0.05) is 39.6 Å². The number of aromatic hydroxyl groups is 1. The predicted molar refractivity (Wildman–Crippen MR) is 166 cm³/mol. The van der Waals surface area contributed by atoms with Gasteiger partial charge < -0.3 is 5.11 Å². The molecule has 43 heavy (non-hydrogen) atoms. The van der Waals surface area contributed by atoms with Crippen molar-refractivity contribution in [1.29, 1.82) is 0 Å². The summed E-state index contributed by atoms with van der Waals surface area (Å²) in [5.74, 6) is 0.684. The van der Waals surface area contributed by atoms with Crippen molar-refractivity contribution in [1.82, 2.24) is 15.0 Å². The van der Waals surface area contributed by atoms with Crippen LogP contribution in [-0.2, 0) is 26.5 Å². The van der Waals surface area contributed by atoms with Crippen molar-refractivity contribution in [3.8, 4) is 39.5 Å². The number of nitrogens with zero attached hydrogens (tertiary/aromatic N) is 3. The van der Waals surface area contributed by atoms with E-state index in [-0.39, 0.29) is 26.8 Å². The molecule has 0 saturated heterocycles. The minimum absolute atomic E-state index is 0. The van der Waals surface area contributed by atoms with Crippen LogP contribution in [0.1, 0.15) is 23.8 Å². The van der Waals surface area contributed by atoms with Crippen LogP contribution >= 0.6 is 0 Å². The van der Waals surface area contributed by atoms with Gasteiger partial charge >= 0.3 is 0 Å². The third kappa shape index (κ3) is 4.21. The van der Waals surface area contributed by atoms with Crippen LogP contribution in [0.15, 0.2) is 140 Å². The Bertz CT molecular complexity index is 2150. The normalized spacial score (nSPS) is 13.1. The van der Waals surface area contributed by atoms with Crippen molar-refractivity contribution in [3.05, 3.63) is 168 Å². The second kappa shape index (κ2) is 10.7. The smallest absolute Gasteiger partial charge is 0.124 e. The van der Waals surface area contributed by atoms with Crippen LogP contribution in [0.5, 0.6) is 5.75 Å². The fourth-order valence-corrected chi connectivity index (χ4v) is 6.27. The van der Waals surface area contributed by atoms with E-state index in [4.69, 9.17) is 11.3 Å². The summed E-state index contributed by atoms with van der Waals surface area (Å²) in [6.45, 7) is 0. The van der Waals surface area contributed by atoms with Crippen molar-refractivity contribution < 1.29 is 27.5 Å². The molecule has 0 amide bonds. The van der Waals surface area contributed by atoms with Crippen LogP contribution in [0.2, 0.25) is 0 Å². The minimum atomic E-state index is -0.879. The molecule has 1 N–H and O–H groups in total. The summed E-state index contributed by atoms with van der Waals surface area (Å²) >= 11 is 0. The number of para-hydroxylation sites is 2. The zero-order chi connectivity index (χ0) is 29.0. The molecule has 208 valence electrons. The van der Waals surface area contributed by atoms with Crippen LogP contribution in [0.25, 0.3) is 44.7 Å². The Hall–Kier alpha value is -4.92. The van der Waals surface area contributed by atoms with Crippen LogP contribution < -0.4 is 0 Å². The second-order valence-electron chi connectivity index (χ2n) is 10.4. The number of rotatable bonds is 4. The van der Waals surface area contributed by atoms with Crippen LogP contribution in [0.4, 0.5) is 0 Å². The molecule has 5 heteroatoms. The molecule has 8 rings (SSSR count). The van der Waals surface area contributed by atoms with Gasteiger partial charge in [-0.05, 0) is 52.6 Å². The molecule has 2 heterocycles. The van der Waals surface area contributed by atoms with Gasteiger partial charge in [-0.25, -0.2) is 0 Å². The summed E-state index contributed by atoms with van der Waals surface area (Å²) in [5, 5.41) is 11.7. The first-order chi connectivity index (χ1) is 21.1. The van der Waals surface area contributed by atoms with Gasteiger partial charge in [-0.2, -0.15) is 0 Å². The summed E-state index contributed by atoms with van der Waals surface area (Å²) in [6, 6.07) is 45.4. The predicted octanol–water partition coefficient (Wildman–Crippen LogP) is 8.23. The molecule has 1 aliphatic carbocycles. The molecule has 0 bridgehead atoms. The molecule has 4 nitrogen and oxygen atoms in total. The molecule has 0 atom stereocenters. The van der Waals surface area contributed by atoms with E-state index in [1.165, 1.54) is 0 Å². The van der Waals surface area contributed by atoms with E-state index >= 15 is 0 Å². The fourth-order valence-electron chi connectivity index (χ4n) is 6.27. The molecule has 0 saturated carbocycles. The fraction of sp³-hybridized carbons (Fsp3) is 0.0263. The zero-order valence-corrected chi connectivity index (χ0v) is 25.1. The Kier molecular flexibility index (Phi) is 6.43. The average Bonchev–Trinajstić information content (AvgIpc) is 3.36. The maximum atomic E-state index is 10.7. The van der Waals surface area contributed by atoms with Gasteiger partial charge in [0.1, 0.15) is 5.75 Å². The number of phenolic OH excluding ortho intramolecular Hbond substituents is 1. The number of aromatic nitrogens is 3. The van der Waals surface area contributed by atoms with Crippen molar-refractivity contribution >= 4 is 10.9 Å². The Morgan fingerprint density at radius 1 is 0.651 bits per heavy atom. The summed E-state index contributed by atoms with van der Waals surface area (Å²) in [6.07, 6.45) is 1.81. The van der Waals surface area contributed by atoms with E-state index in [9.17, 15) is 5.11 Å². The minimum Gasteiger partial charge on any atom is -0.507 e. The molecule has 5 aromatic carbocycles. The third-order valence-corrected chi connectivity index (χ3v) is 8.12. The molecule has 0 spiro atoms. The van der Waals surface area contributed by atoms with Crippen LogP contribution in [0.3, 0.4) is 0 Å². The topological polar surface area (TPSA) is 58.9 Å². The molecular formula is C38H24N3OPt-. The van der Waals surface area contributed by atoms with Crippen LogP contribution in [-0.4, -0.2) is 20.1 Å². The molecule has 1 aliphatic rings. The first kappa shape index (κ1) is 25.8. The second-order valence-corrected chi connectivity index (χ2v) is 10.4. The van der Waals surface area contributed by atoms with Crippen molar-refractivity contribution in [3.63, 3.8) is 0 Å². The van der Waals surface area contributed by atoms with Gasteiger partial charge in [-0.15, -0.1) is 35.4 Å². The Morgan fingerprint density at radius 2 is 1.33 bits per heavy atom. The van der Waals surface area contributed by atoms with Gasteiger partial charge in [-0.3, -0.25) is 15.0 Å². The number of pyridine rings is 1. The standard InChI is InChI=1S/C38H24N3O.Pt/c42-35-21-8-4-16-30(35)34-20-10-22-36(40-34)38(31-17-5-2-14-28(31)29-15-3-6-18-32(29)38)27-13-9-12-25(23-27)37-39-24-26-11-1-7-19-33(26)41-37;/h1-22,24,42H;/q-1;/i9D;. The van der Waals surface area contributed by atoms with E-state index in [1.807, 2.05) is 79.0 Å². The maximum Gasteiger partial charge on any atom is 0.124 e. The van der Waals surface area contributed by atoms with E-state index < -0.39 is 5.41 Å².